The molecule has 1 heterocycles. The monoisotopic (exact) mass is 636 g/mol. The number of imide groups is 2. The summed E-state index contributed by atoms with van der Waals surface area (Å²) in [5, 5.41) is 4.32. The molecule has 0 radical (unpaired) electrons. The van der Waals surface area contributed by atoms with E-state index in [4.69, 9.17) is 9.47 Å². The van der Waals surface area contributed by atoms with Gasteiger partial charge in [0.25, 0.3) is 11.8 Å². The van der Waals surface area contributed by atoms with E-state index in [0.29, 0.717) is 32.1 Å². The number of benzene rings is 4. The molecule has 1 fully saturated rings. The van der Waals surface area contributed by atoms with Crippen LogP contribution in [0.15, 0.2) is 78.4 Å². The molecule has 0 saturated carbocycles. The zero-order valence-electron chi connectivity index (χ0n) is 21.0. The highest BCUT2D eigenvalue weighted by Crippen LogP contribution is 2.36. The van der Waals surface area contributed by atoms with E-state index in [1.165, 1.54) is 31.4 Å². The average molecular weight is 636 g/mol. The number of anilines is 1. The summed E-state index contributed by atoms with van der Waals surface area (Å²) in [5.74, 6) is -1.67. The van der Waals surface area contributed by atoms with E-state index >= 15 is 0 Å². The van der Waals surface area contributed by atoms with Gasteiger partial charge in [-0.05, 0) is 81.8 Å². The first-order valence-electron chi connectivity index (χ1n) is 11.9. The highest BCUT2D eigenvalue weighted by molar-refractivity contribution is 14.1. The minimum absolute atomic E-state index is 0.252. The molecule has 1 aliphatic rings. The fraction of sp³-hybridized carbons (Fsp3) is 0.100. The molecule has 196 valence electrons. The maximum atomic E-state index is 14.4. The molecule has 5 rings (SSSR count). The van der Waals surface area contributed by atoms with Crippen molar-refractivity contribution in [3.05, 3.63) is 104 Å². The number of barbiturate groups is 1. The van der Waals surface area contributed by atoms with Crippen LogP contribution in [0.25, 0.3) is 16.8 Å². The van der Waals surface area contributed by atoms with E-state index in [0.717, 1.165) is 28.0 Å². The van der Waals surface area contributed by atoms with Crippen molar-refractivity contribution in [1.82, 2.24) is 5.32 Å². The van der Waals surface area contributed by atoms with Gasteiger partial charge in [-0.25, -0.2) is 14.1 Å². The SMILES string of the molecule is COc1cc(/C=C2/C(=O)NC(=O)N(c3ccccc3F)C2=O)cc(I)c1OCc1c(C)ccc2ccccc12. The lowest BCUT2D eigenvalue weighted by atomic mass is 10.0. The van der Waals surface area contributed by atoms with E-state index in [-0.39, 0.29) is 11.3 Å². The van der Waals surface area contributed by atoms with Gasteiger partial charge in [0.15, 0.2) is 11.5 Å². The summed E-state index contributed by atoms with van der Waals surface area (Å²) in [7, 11) is 1.50. The molecule has 0 aromatic heterocycles. The Morgan fingerprint density at radius 3 is 2.51 bits per heavy atom. The van der Waals surface area contributed by atoms with Crippen molar-refractivity contribution in [2.45, 2.75) is 13.5 Å². The lowest BCUT2D eigenvalue weighted by Crippen LogP contribution is -2.54. The largest absolute Gasteiger partial charge is 0.493 e. The number of methoxy groups -OCH3 is 1. The fourth-order valence-corrected chi connectivity index (χ4v) is 5.20. The number of carbonyl (C=O) groups is 3. The van der Waals surface area contributed by atoms with Crippen molar-refractivity contribution in [3.63, 3.8) is 0 Å². The molecular weight excluding hydrogens is 614 g/mol. The van der Waals surface area contributed by atoms with Gasteiger partial charge < -0.3 is 9.47 Å². The van der Waals surface area contributed by atoms with Crippen molar-refractivity contribution in [2.24, 2.45) is 0 Å². The summed E-state index contributed by atoms with van der Waals surface area (Å²) in [6.07, 6.45) is 1.33. The maximum Gasteiger partial charge on any atom is 0.336 e. The topological polar surface area (TPSA) is 84.9 Å². The van der Waals surface area contributed by atoms with Gasteiger partial charge in [-0.15, -0.1) is 0 Å². The molecule has 4 aromatic carbocycles. The van der Waals surface area contributed by atoms with Crippen LogP contribution in [0.3, 0.4) is 0 Å². The number of nitrogens with one attached hydrogen (secondary N) is 1. The third-order valence-corrected chi connectivity index (χ3v) is 7.19. The number of nitrogens with zero attached hydrogens (tertiary/aromatic N) is 1. The quantitative estimate of drug-likeness (QED) is 0.156. The Hall–Kier alpha value is -4.25. The highest BCUT2D eigenvalue weighted by atomic mass is 127. The maximum absolute atomic E-state index is 14.4. The van der Waals surface area contributed by atoms with E-state index in [1.807, 2.05) is 19.1 Å². The summed E-state index contributed by atoms with van der Waals surface area (Å²) in [6, 6.07) is 19.9. The molecule has 39 heavy (non-hydrogen) atoms. The van der Waals surface area contributed by atoms with Crippen LogP contribution in [0.1, 0.15) is 16.7 Å². The zero-order chi connectivity index (χ0) is 27.7. The number of aryl methyl sites for hydroxylation is 1. The second-order valence-corrected chi connectivity index (χ2v) is 9.98. The number of rotatable bonds is 6. The highest BCUT2D eigenvalue weighted by Gasteiger charge is 2.38. The Labute approximate surface area is 237 Å². The first-order chi connectivity index (χ1) is 18.8. The van der Waals surface area contributed by atoms with Crippen LogP contribution in [0, 0.1) is 16.3 Å². The summed E-state index contributed by atoms with van der Waals surface area (Å²) < 4.78 is 26.9. The Bertz CT molecular complexity index is 1680. The first-order valence-corrected chi connectivity index (χ1v) is 13.0. The number of hydrogen-bond acceptors (Lipinski definition) is 5. The molecule has 0 spiro atoms. The minimum atomic E-state index is -1.02. The molecule has 9 heteroatoms. The van der Waals surface area contributed by atoms with Gasteiger partial charge in [0.05, 0.1) is 16.4 Å². The van der Waals surface area contributed by atoms with Crippen molar-refractivity contribution < 1.29 is 28.2 Å². The van der Waals surface area contributed by atoms with Gasteiger partial charge in [-0.3, -0.25) is 14.9 Å². The number of carbonyl (C=O) groups excluding carboxylic acids is 3. The van der Waals surface area contributed by atoms with Gasteiger partial charge in [0.1, 0.15) is 18.0 Å². The number of hydrogen-bond donors (Lipinski definition) is 1. The second kappa shape index (κ2) is 10.9. The number of fused-ring (bicyclic) bond motifs is 1. The van der Waals surface area contributed by atoms with Crippen LogP contribution in [-0.2, 0) is 16.2 Å². The van der Waals surface area contributed by atoms with Crippen LogP contribution in [0.4, 0.5) is 14.9 Å². The van der Waals surface area contributed by atoms with Crippen LogP contribution in [0.5, 0.6) is 11.5 Å². The normalized spacial score (nSPS) is 14.6. The molecule has 4 amide bonds. The summed E-state index contributed by atoms with van der Waals surface area (Å²) in [6.45, 7) is 2.34. The first kappa shape index (κ1) is 26.4. The van der Waals surface area contributed by atoms with Crippen LogP contribution >= 0.6 is 22.6 Å². The van der Waals surface area contributed by atoms with Gasteiger partial charge in [-0.1, -0.05) is 48.5 Å². The van der Waals surface area contributed by atoms with E-state index in [9.17, 15) is 18.8 Å². The fourth-order valence-electron chi connectivity index (χ4n) is 4.42. The number of urea groups is 1. The predicted octanol–water partition coefficient (Wildman–Crippen LogP) is 6.15. The smallest absolute Gasteiger partial charge is 0.336 e. The van der Waals surface area contributed by atoms with Gasteiger partial charge in [0, 0.05) is 5.56 Å². The molecular formula is C30H22FIN2O5. The molecule has 1 N–H and O–H groups in total. The van der Waals surface area contributed by atoms with Crippen molar-refractivity contribution >= 4 is 63.0 Å². The Balaban J connectivity index is 1.47. The van der Waals surface area contributed by atoms with Crippen molar-refractivity contribution in [2.75, 3.05) is 12.0 Å². The number of halogens is 2. The third-order valence-electron chi connectivity index (χ3n) is 6.39. The molecule has 0 bridgehead atoms. The van der Waals surface area contributed by atoms with Gasteiger partial charge in [0.2, 0.25) is 0 Å². The Morgan fingerprint density at radius 2 is 1.74 bits per heavy atom. The predicted molar refractivity (Wildman–Crippen MR) is 154 cm³/mol. The summed E-state index contributed by atoms with van der Waals surface area (Å²) >= 11 is 2.10. The number of amides is 4. The number of para-hydroxylation sites is 1. The molecule has 4 aromatic rings. The standard InChI is InChI=1S/C30H22FIN2O5/c1-17-11-12-19-7-3-4-8-20(19)22(17)16-39-27-24(32)14-18(15-26(27)38-2)13-21-28(35)33-30(37)34(29(21)36)25-10-6-5-9-23(25)31/h3-15H,16H2,1-2H3,(H,33,35,37)/b21-13-. The van der Waals surface area contributed by atoms with E-state index in [2.05, 4.69) is 52.2 Å². The molecule has 1 saturated heterocycles. The van der Waals surface area contributed by atoms with Crippen LogP contribution in [-0.4, -0.2) is 25.0 Å². The zero-order valence-corrected chi connectivity index (χ0v) is 23.1. The lowest BCUT2D eigenvalue weighted by Gasteiger charge is -2.26. The van der Waals surface area contributed by atoms with Crippen LogP contribution < -0.4 is 19.7 Å². The average Bonchev–Trinajstić information content (AvgIpc) is 2.92. The van der Waals surface area contributed by atoms with Crippen molar-refractivity contribution in [1.29, 1.82) is 0 Å². The lowest BCUT2D eigenvalue weighted by molar-refractivity contribution is -0.122. The van der Waals surface area contributed by atoms with E-state index in [1.54, 1.807) is 12.1 Å². The van der Waals surface area contributed by atoms with Crippen LogP contribution in [0.2, 0.25) is 0 Å². The van der Waals surface area contributed by atoms with Gasteiger partial charge in [-0.2, -0.15) is 0 Å². The summed E-state index contributed by atoms with van der Waals surface area (Å²) in [5.41, 5.74) is 2.04. The molecule has 0 atom stereocenters. The minimum Gasteiger partial charge on any atom is -0.493 e. The molecule has 0 unspecified atom stereocenters. The van der Waals surface area contributed by atoms with Gasteiger partial charge >= 0.3 is 6.03 Å². The molecule has 0 aliphatic carbocycles. The molecule has 7 nitrogen and oxygen atoms in total. The van der Waals surface area contributed by atoms with Crippen molar-refractivity contribution in [3.8, 4) is 11.5 Å². The summed E-state index contributed by atoms with van der Waals surface area (Å²) in [4.78, 5) is 38.8. The Morgan fingerprint density at radius 1 is 1.00 bits per heavy atom. The molecule has 1 aliphatic heterocycles. The van der Waals surface area contributed by atoms with E-state index < -0.39 is 23.7 Å². The number of ether oxygens (including phenoxy) is 2. The Kier molecular flexibility index (Phi) is 7.34. The third kappa shape index (κ3) is 5.09. The second-order valence-electron chi connectivity index (χ2n) is 8.81.